The number of carbonyl (C=O) groups excluding carboxylic acids is 2. The van der Waals surface area contributed by atoms with Gasteiger partial charge in [0.1, 0.15) is 0 Å². The van der Waals surface area contributed by atoms with Crippen molar-refractivity contribution in [3.05, 3.63) is 65.5 Å². The van der Waals surface area contributed by atoms with Crippen LogP contribution in [0.3, 0.4) is 0 Å². The van der Waals surface area contributed by atoms with Crippen molar-refractivity contribution in [3.8, 4) is 11.5 Å². The van der Waals surface area contributed by atoms with Crippen LogP contribution in [0, 0.1) is 0 Å². The molecule has 0 atom stereocenters. The Bertz CT molecular complexity index is 1270. The topological polar surface area (TPSA) is 145 Å². The van der Waals surface area contributed by atoms with E-state index >= 15 is 0 Å². The van der Waals surface area contributed by atoms with Gasteiger partial charge in [0.25, 0.3) is 0 Å². The molecule has 1 aromatic heterocycles. The molecular weight excluding hydrogens is 486 g/mol. The van der Waals surface area contributed by atoms with Gasteiger partial charge in [-0.1, -0.05) is 17.8 Å². The summed E-state index contributed by atoms with van der Waals surface area (Å²) < 4.78 is 12.1. The van der Waals surface area contributed by atoms with Crippen molar-refractivity contribution in [2.75, 3.05) is 25.3 Å². The highest BCUT2D eigenvalue weighted by atomic mass is 32.2. The highest BCUT2D eigenvalue weighted by molar-refractivity contribution is 7.99. The second-order valence-corrected chi connectivity index (χ2v) is 8.29. The molecule has 0 fully saturated rings. The van der Waals surface area contributed by atoms with Crippen LogP contribution in [0.5, 0.6) is 11.5 Å². The van der Waals surface area contributed by atoms with Gasteiger partial charge in [-0.05, 0) is 48.0 Å². The summed E-state index contributed by atoms with van der Waals surface area (Å²) in [6.07, 6.45) is 3.06. The first-order valence-corrected chi connectivity index (χ1v) is 11.6. The molecule has 0 bridgehead atoms. The SMILES string of the molecule is COc1ccc(C=CC(=O)NCc2nnc(SCC(=O)Nc3ccc(C(=O)O)cc3)n2C)cc1OC. The fraction of sp³-hybridized carbons (Fsp3) is 0.208. The summed E-state index contributed by atoms with van der Waals surface area (Å²) in [7, 11) is 4.83. The van der Waals surface area contributed by atoms with Gasteiger partial charge in [0.15, 0.2) is 22.5 Å². The first-order valence-electron chi connectivity index (χ1n) is 10.6. The number of carboxylic acid groups (broad SMARTS) is 1. The molecule has 3 N–H and O–H groups in total. The molecule has 0 aliphatic heterocycles. The molecule has 1 heterocycles. The number of methoxy groups -OCH3 is 2. The third-order valence-corrected chi connectivity index (χ3v) is 5.95. The van der Waals surface area contributed by atoms with E-state index in [1.807, 2.05) is 0 Å². The second-order valence-electron chi connectivity index (χ2n) is 7.34. The van der Waals surface area contributed by atoms with Gasteiger partial charge in [0.05, 0.1) is 32.1 Å². The van der Waals surface area contributed by atoms with E-state index in [0.717, 1.165) is 5.56 Å². The number of thioether (sulfide) groups is 1. The van der Waals surface area contributed by atoms with Crippen molar-refractivity contribution < 1.29 is 29.0 Å². The smallest absolute Gasteiger partial charge is 0.335 e. The molecule has 36 heavy (non-hydrogen) atoms. The van der Waals surface area contributed by atoms with Crippen LogP contribution in [0.1, 0.15) is 21.7 Å². The van der Waals surface area contributed by atoms with Crippen LogP contribution in [0.25, 0.3) is 6.08 Å². The number of hydrogen-bond donors (Lipinski definition) is 3. The Labute approximate surface area is 211 Å². The number of aromatic nitrogens is 3. The van der Waals surface area contributed by atoms with Crippen LogP contribution < -0.4 is 20.1 Å². The number of aromatic carboxylic acids is 1. The molecule has 3 rings (SSSR count). The highest BCUT2D eigenvalue weighted by Crippen LogP contribution is 2.28. The van der Waals surface area contributed by atoms with Crippen LogP contribution in [-0.2, 0) is 23.2 Å². The Morgan fingerprint density at radius 2 is 1.78 bits per heavy atom. The van der Waals surface area contributed by atoms with Gasteiger partial charge >= 0.3 is 5.97 Å². The van der Waals surface area contributed by atoms with E-state index in [2.05, 4.69) is 20.8 Å². The standard InChI is InChI=1S/C24H25N5O6S/c1-29-20(13-25-21(30)11-5-15-4-10-18(34-2)19(12-15)35-3)27-28-24(29)36-14-22(31)26-17-8-6-16(7-9-17)23(32)33/h4-12H,13-14H2,1-3H3,(H,25,30)(H,26,31)(H,32,33). The quantitative estimate of drug-likeness (QED) is 0.261. The van der Waals surface area contributed by atoms with Crippen LogP contribution in [0.4, 0.5) is 5.69 Å². The van der Waals surface area contributed by atoms with Gasteiger partial charge in [-0.3, -0.25) is 9.59 Å². The normalized spacial score (nSPS) is 10.8. The number of benzene rings is 2. The maximum Gasteiger partial charge on any atom is 0.335 e. The zero-order valence-corrected chi connectivity index (χ0v) is 20.7. The zero-order valence-electron chi connectivity index (χ0n) is 19.8. The number of nitrogens with one attached hydrogen (secondary N) is 2. The Kier molecular flexibility index (Phi) is 9.06. The van der Waals surface area contributed by atoms with Crippen LogP contribution in [0.15, 0.2) is 53.7 Å². The molecule has 0 saturated carbocycles. The van der Waals surface area contributed by atoms with Gasteiger partial charge in [-0.2, -0.15) is 0 Å². The van der Waals surface area contributed by atoms with Gasteiger partial charge in [0.2, 0.25) is 11.8 Å². The minimum atomic E-state index is -1.04. The van der Waals surface area contributed by atoms with Gasteiger partial charge in [0, 0.05) is 18.8 Å². The number of amides is 2. The molecule has 3 aromatic rings. The maximum absolute atomic E-state index is 12.2. The van der Waals surface area contributed by atoms with Crippen molar-refractivity contribution >= 4 is 41.3 Å². The molecule has 0 aliphatic carbocycles. The zero-order chi connectivity index (χ0) is 26.1. The number of rotatable bonds is 11. The Morgan fingerprint density at radius 3 is 2.44 bits per heavy atom. The van der Waals surface area contributed by atoms with Gasteiger partial charge < -0.3 is 29.8 Å². The number of carboxylic acids is 1. The summed E-state index contributed by atoms with van der Waals surface area (Å²) in [5.41, 5.74) is 1.40. The molecule has 0 spiro atoms. The average molecular weight is 512 g/mol. The number of carbonyl (C=O) groups is 3. The summed E-state index contributed by atoms with van der Waals surface area (Å²) in [6, 6.07) is 11.2. The van der Waals surface area contributed by atoms with E-state index in [1.165, 1.54) is 42.1 Å². The van der Waals surface area contributed by atoms with E-state index < -0.39 is 5.97 Å². The van der Waals surface area contributed by atoms with Crippen LogP contribution in [-0.4, -0.2) is 57.6 Å². The lowest BCUT2D eigenvalue weighted by Crippen LogP contribution is -2.22. The van der Waals surface area contributed by atoms with E-state index in [4.69, 9.17) is 14.6 Å². The lowest BCUT2D eigenvalue weighted by atomic mass is 10.2. The van der Waals surface area contributed by atoms with Crippen molar-refractivity contribution in [3.63, 3.8) is 0 Å². The molecule has 2 amide bonds. The van der Waals surface area contributed by atoms with Crippen LogP contribution in [0.2, 0.25) is 0 Å². The van der Waals surface area contributed by atoms with Crippen LogP contribution >= 0.6 is 11.8 Å². The van der Waals surface area contributed by atoms with Gasteiger partial charge in [-0.15, -0.1) is 10.2 Å². The Balaban J connectivity index is 1.48. The molecule has 188 valence electrons. The van der Waals surface area contributed by atoms with Crippen molar-refractivity contribution in [2.45, 2.75) is 11.7 Å². The molecule has 0 unspecified atom stereocenters. The number of anilines is 1. The maximum atomic E-state index is 12.2. The molecule has 0 radical (unpaired) electrons. The first kappa shape index (κ1) is 26.3. The predicted molar refractivity (Wildman–Crippen MR) is 134 cm³/mol. The third-order valence-electron chi connectivity index (χ3n) is 4.93. The minimum absolute atomic E-state index is 0.0765. The Morgan fingerprint density at radius 1 is 1.06 bits per heavy atom. The van der Waals surface area contributed by atoms with E-state index in [-0.39, 0.29) is 29.7 Å². The molecule has 0 saturated heterocycles. The van der Waals surface area contributed by atoms with E-state index in [1.54, 1.807) is 50.1 Å². The van der Waals surface area contributed by atoms with Crippen molar-refractivity contribution in [2.24, 2.45) is 7.05 Å². The largest absolute Gasteiger partial charge is 0.493 e. The minimum Gasteiger partial charge on any atom is -0.493 e. The molecule has 2 aromatic carbocycles. The average Bonchev–Trinajstić information content (AvgIpc) is 3.24. The highest BCUT2D eigenvalue weighted by Gasteiger charge is 2.13. The second kappa shape index (κ2) is 12.4. The lowest BCUT2D eigenvalue weighted by molar-refractivity contribution is -0.116. The lowest BCUT2D eigenvalue weighted by Gasteiger charge is -2.07. The molecular formula is C24H25N5O6S. The summed E-state index contributed by atoms with van der Waals surface area (Å²) in [4.78, 5) is 35.4. The third kappa shape index (κ3) is 7.09. The fourth-order valence-corrected chi connectivity index (χ4v) is 3.73. The van der Waals surface area contributed by atoms with Crippen molar-refractivity contribution in [1.29, 1.82) is 0 Å². The molecule has 12 heteroatoms. The van der Waals surface area contributed by atoms with E-state index in [9.17, 15) is 14.4 Å². The summed E-state index contributed by atoms with van der Waals surface area (Å²) in [5.74, 6) is 0.140. The Hall–Kier alpha value is -4.32. The number of hydrogen-bond acceptors (Lipinski definition) is 8. The summed E-state index contributed by atoms with van der Waals surface area (Å²) in [6.45, 7) is 0.154. The monoisotopic (exact) mass is 511 g/mol. The first-order chi connectivity index (χ1) is 17.3. The summed E-state index contributed by atoms with van der Waals surface area (Å²) >= 11 is 1.19. The predicted octanol–water partition coefficient (Wildman–Crippen LogP) is 2.59. The molecule has 0 aliphatic rings. The fourth-order valence-electron chi connectivity index (χ4n) is 3.00. The number of nitrogens with zero attached hydrogens (tertiary/aromatic N) is 3. The molecule has 11 nitrogen and oxygen atoms in total. The van der Waals surface area contributed by atoms with E-state index in [0.29, 0.717) is 28.2 Å². The van der Waals surface area contributed by atoms with Gasteiger partial charge in [-0.25, -0.2) is 4.79 Å². The number of ether oxygens (including phenoxy) is 2. The van der Waals surface area contributed by atoms with Crippen molar-refractivity contribution in [1.82, 2.24) is 20.1 Å². The summed E-state index contributed by atoms with van der Waals surface area (Å²) in [5, 5.41) is 23.0.